The molecule has 1 aliphatic heterocycles. The molecule has 2 aliphatic rings. The highest BCUT2D eigenvalue weighted by atomic mass is 32.2. The molecule has 0 atom stereocenters. The Bertz CT molecular complexity index is 670. The van der Waals surface area contributed by atoms with Gasteiger partial charge in [-0.15, -0.1) is 0 Å². The van der Waals surface area contributed by atoms with Gasteiger partial charge in [0, 0.05) is 12.1 Å². The van der Waals surface area contributed by atoms with E-state index in [-0.39, 0.29) is 16.2 Å². The van der Waals surface area contributed by atoms with Crippen LogP contribution in [0.4, 0.5) is 4.39 Å². The van der Waals surface area contributed by atoms with Crippen molar-refractivity contribution in [2.24, 2.45) is 0 Å². The molecule has 5 nitrogen and oxygen atoms in total. The first-order valence-corrected chi connectivity index (χ1v) is 8.30. The zero-order chi connectivity index (χ0) is 15.3. The van der Waals surface area contributed by atoms with Gasteiger partial charge >= 0.3 is 0 Å². The van der Waals surface area contributed by atoms with Crippen LogP contribution < -0.4 is 4.74 Å². The monoisotopic (exact) mass is 315 g/mol. The topological polar surface area (TPSA) is 55.8 Å². The minimum atomic E-state index is -3.73. The Labute approximate surface area is 123 Å². The molecule has 7 heteroatoms. The van der Waals surface area contributed by atoms with E-state index in [1.54, 1.807) is 0 Å². The molecule has 1 heterocycles. The minimum Gasteiger partial charge on any atom is -0.494 e. The lowest BCUT2D eigenvalue weighted by Gasteiger charge is -2.35. The molecule has 2 fully saturated rings. The second kappa shape index (κ2) is 4.93. The molecule has 0 aromatic heterocycles. The molecule has 1 aliphatic carbocycles. The van der Waals surface area contributed by atoms with E-state index in [9.17, 15) is 12.8 Å². The fraction of sp³-hybridized carbons (Fsp3) is 0.571. The molecular weight excluding hydrogens is 297 g/mol. The summed E-state index contributed by atoms with van der Waals surface area (Å²) < 4.78 is 51.7. The fourth-order valence-electron chi connectivity index (χ4n) is 2.83. The number of halogens is 1. The highest BCUT2D eigenvalue weighted by Gasteiger charge is 2.55. The Kier molecular flexibility index (Phi) is 3.46. The van der Waals surface area contributed by atoms with E-state index >= 15 is 0 Å². The molecule has 1 spiro atoms. The average molecular weight is 315 g/mol. The van der Waals surface area contributed by atoms with Crippen LogP contribution in [0.5, 0.6) is 5.75 Å². The number of ether oxygens (including phenoxy) is 2. The van der Waals surface area contributed by atoms with Gasteiger partial charge in [0.1, 0.15) is 0 Å². The molecule has 1 aromatic carbocycles. The number of methoxy groups -OCH3 is 1. The standard InChI is InChI=1S/C14H18FNO4S/c1-10-12(4-3-11(19-2)13(10)15)21(17,18)16-7-8-20-9-14(16)5-6-14/h3-4H,5-9H2,1-2H3. The average Bonchev–Trinajstić information content (AvgIpc) is 3.21. The first-order chi connectivity index (χ1) is 9.92. The van der Waals surface area contributed by atoms with Crippen LogP contribution in [0, 0.1) is 12.7 Å². The third kappa shape index (κ3) is 2.23. The fourth-order valence-corrected chi connectivity index (χ4v) is 4.84. The molecule has 0 bridgehead atoms. The molecule has 0 amide bonds. The molecule has 0 unspecified atom stereocenters. The third-order valence-electron chi connectivity index (χ3n) is 4.25. The summed E-state index contributed by atoms with van der Waals surface area (Å²) in [5, 5.41) is 0. The van der Waals surface area contributed by atoms with Crippen molar-refractivity contribution in [2.75, 3.05) is 26.9 Å². The zero-order valence-corrected chi connectivity index (χ0v) is 12.9. The lowest BCUT2D eigenvalue weighted by molar-refractivity contribution is 0.0214. The second-order valence-corrected chi connectivity index (χ2v) is 7.39. The van der Waals surface area contributed by atoms with Gasteiger partial charge in [-0.2, -0.15) is 4.31 Å². The molecule has 116 valence electrons. The van der Waals surface area contributed by atoms with E-state index in [2.05, 4.69) is 0 Å². The van der Waals surface area contributed by atoms with Crippen molar-refractivity contribution in [3.05, 3.63) is 23.5 Å². The Hall–Kier alpha value is -1.18. The summed E-state index contributed by atoms with van der Waals surface area (Å²) in [7, 11) is -2.37. The van der Waals surface area contributed by atoms with Crippen LogP contribution in [0.25, 0.3) is 0 Å². The van der Waals surface area contributed by atoms with Crippen molar-refractivity contribution in [3.8, 4) is 5.75 Å². The number of morpholine rings is 1. The van der Waals surface area contributed by atoms with E-state index < -0.39 is 21.4 Å². The van der Waals surface area contributed by atoms with Gasteiger partial charge in [0.15, 0.2) is 11.6 Å². The summed E-state index contributed by atoms with van der Waals surface area (Å²) in [4.78, 5) is 0.00831. The lowest BCUT2D eigenvalue weighted by atomic mass is 10.2. The molecule has 1 aromatic rings. The maximum Gasteiger partial charge on any atom is 0.244 e. The summed E-state index contributed by atoms with van der Waals surface area (Å²) in [6.45, 7) is 2.57. The molecule has 21 heavy (non-hydrogen) atoms. The second-order valence-electron chi connectivity index (χ2n) is 5.56. The Balaban J connectivity index is 2.05. The van der Waals surface area contributed by atoms with E-state index in [0.717, 1.165) is 12.8 Å². The van der Waals surface area contributed by atoms with Gasteiger partial charge < -0.3 is 9.47 Å². The maximum absolute atomic E-state index is 14.1. The summed E-state index contributed by atoms with van der Waals surface area (Å²) in [6, 6.07) is 2.77. The highest BCUT2D eigenvalue weighted by Crippen LogP contribution is 2.46. The maximum atomic E-state index is 14.1. The van der Waals surface area contributed by atoms with Crippen molar-refractivity contribution >= 4 is 10.0 Å². The third-order valence-corrected chi connectivity index (χ3v) is 6.40. The summed E-state index contributed by atoms with van der Waals surface area (Å²) in [5.41, 5.74) is -0.323. The minimum absolute atomic E-state index is 0.00831. The van der Waals surface area contributed by atoms with Crippen molar-refractivity contribution in [3.63, 3.8) is 0 Å². The van der Waals surface area contributed by atoms with Crippen molar-refractivity contribution in [1.82, 2.24) is 4.31 Å². The molecular formula is C14H18FNO4S. The van der Waals surface area contributed by atoms with Crippen LogP contribution in [-0.2, 0) is 14.8 Å². The van der Waals surface area contributed by atoms with Crippen LogP contribution in [0.1, 0.15) is 18.4 Å². The van der Waals surface area contributed by atoms with E-state index in [1.165, 1.54) is 30.5 Å². The van der Waals surface area contributed by atoms with E-state index in [4.69, 9.17) is 9.47 Å². The van der Waals surface area contributed by atoms with Crippen LogP contribution >= 0.6 is 0 Å². The summed E-state index contributed by atoms with van der Waals surface area (Å²) >= 11 is 0. The van der Waals surface area contributed by atoms with Gasteiger partial charge in [0.25, 0.3) is 0 Å². The SMILES string of the molecule is COc1ccc(S(=O)(=O)N2CCOCC23CC3)c(C)c1F. The van der Waals surface area contributed by atoms with Gasteiger partial charge in [-0.3, -0.25) is 0 Å². The predicted molar refractivity (Wildman–Crippen MR) is 74.4 cm³/mol. The van der Waals surface area contributed by atoms with Gasteiger partial charge in [-0.25, -0.2) is 12.8 Å². The van der Waals surface area contributed by atoms with Gasteiger partial charge in [-0.05, 0) is 31.9 Å². The van der Waals surface area contributed by atoms with Crippen molar-refractivity contribution in [2.45, 2.75) is 30.2 Å². The molecule has 1 saturated carbocycles. The van der Waals surface area contributed by atoms with Crippen molar-refractivity contribution in [1.29, 1.82) is 0 Å². The van der Waals surface area contributed by atoms with Crippen LogP contribution in [0.3, 0.4) is 0 Å². The molecule has 3 rings (SSSR count). The predicted octanol–water partition coefficient (Wildman–Crippen LogP) is 1.70. The normalized spacial score (nSPS) is 21.5. The number of rotatable bonds is 3. The zero-order valence-electron chi connectivity index (χ0n) is 12.1. The number of hydrogen-bond donors (Lipinski definition) is 0. The molecule has 0 N–H and O–H groups in total. The van der Waals surface area contributed by atoms with Crippen LogP contribution in [0.2, 0.25) is 0 Å². The smallest absolute Gasteiger partial charge is 0.244 e. The molecule has 0 radical (unpaired) electrons. The Morgan fingerprint density at radius 2 is 2.10 bits per heavy atom. The lowest BCUT2D eigenvalue weighted by Crippen LogP contribution is -2.50. The van der Waals surface area contributed by atoms with Crippen molar-refractivity contribution < 1.29 is 22.3 Å². The van der Waals surface area contributed by atoms with Gasteiger partial charge in [0.2, 0.25) is 10.0 Å². The molecule has 1 saturated heterocycles. The van der Waals surface area contributed by atoms with Crippen LogP contribution in [-0.4, -0.2) is 45.1 Å². The summed E-state index contributed by atoms with van der Waals surface area (Å²) in [5.74, 6) is -0.578. The van der Waals surface area contributed by atoms with Crippen LogP contribution in [0.15, 0.2) is 17.0 Å². The first kappa shape index (κ1) is 14.7. The Morgan fingerprint density at radius 3 is 2.71 bits per heavy atom. The van der Waals surface area contributed by atoms with Gasteiger partial charge in [0.05, 0.1) is 30.8 Å². The summed E-state index contributed by atoms with van der Waals surface area (Å²) in [6.07, 6.45) is 1.59. The van der Waals surface area contributed by atoms with E-state index in [1.807, 2.05) is 0 Å². The number of benzene rings is 1. The number of hydrogen-bond acceptors (Lipinski definition) is 4. The highest BCUT2D eigenvalue weighted by molar-refractivity contribution is 7.89. The number of nitrogens with zero attached hydrogens (tertiary/aromatic N) is 1. The first-order valence-electron chi connectivity index (χ1n) is 6.86. The van der Waals surface area contributed by atoms with E-state index in [0.29, 0.717) is 19.8 Å². The Morgan fingerprint density at radius 1 is 1.38 bits per heavy atom. The van der Waals surface area contributed by atoms with Gasteiger partial charge in [-0.1, -0.05) is 0 Å². The number of sulfonamides is 1. The largest absolute Gasteiger partial charge is 0.494 e. The quantitative estimate of drug-likeness (QED) is 0.852.